The van der Waals surface area contributed by atoms with E-state index in [0.717, 1.165) is 43.4 Å². The summed E-state index contributed by atoms with van der Waals surface area (Å²) in [5.74, 6) is 2.99. The molecule has 0 unspecified atom stereocenters. The van der Waals surface area contributed by atoms with Gasteiger partial charge in [-0.15, -0.1) is 0 Å². The standard InChI is InChI=1S/C18H26N4O2/c1-19-10-7-14-8-11-22(12-9-14)13-17-20-18(21-24-17)15-3-5-16(23-2)6-4-15/h3-6,14,19H,7-13H2,1-2H3. The van der Waals surface area contributed by atoms with Crippen molar-refractivity contribution in [3.8, 4) is 17.1 Å². The Morgan fingerprint density at radius 1 is 1.25 bits per heavy atom. The van der Waals surface area contributed by atoms with Crippen molar-refractivity contribution in [1.82, 2.24) is 20.4 Å². The van der Waals surface area contributed by atoms with Gasteiger partial charge in [0.05, 0.1) is 13.7 Å². The first-order valence-corrected chi connectivity index (χ1v) is 8.62. The van der Waals surface area contributed by atoms with Crippen LogP contribution >= 0.6 is 0 Å². The monoisotopic (exact) mass is 330 g/mol. The minimum absolute atomic E-state index is 0.636. The Kier molecular flexibility index (Phi) is 5.82. The average Bonchev–Trinajstić information content (AvgIpc) is 3.10. The predicted octanol–water partition coefficient (Wildman–Crippen LogP) is 2.57. The van der Waals surface area contributed by atoms with E-state index < -0.39 is 0 Å². The normalized spacial score (nSPS) is 16.4. The van der Waals surface area contributed by atoms with Gasteiger partial charge in [0.25, 0.3) is 0 Å². The summed E-state index contributed by atoms with van der Waals surface area (Å²) in [5, 5.41) is 7.34. The van der Waals surface area contributed by atoms with Crippen LogP contribution in [0.15, 0.2) is 28.8 Å². The van der Waals surface area contributed by atoms with Gasteiger partial charge in [0.2, 0.25) is 11.7 Å². The quantitative estimate of drug-likeness (QED) is 0.842. The van der Waals surface area contributed by atoms with Crippen LogP contribution < -0.4 is 10.1 Å². The lowest BCUT2D eigenvalue weighted by atomic mass is 9.93. The third-order valence-corrected chi connectivity index (χ3v) is 4.68. The van der Waals surface area contributed by atoms with Gasteiger partial charge in [-0.25, -0.2) is 0 Å². The number of likely N-dealkylation sites (tertiary alicyclic amines) is 1. The lowest BCUT2D eigenvalue weighted by Crippen LogP contribution is -2.34. The lowest BCUT2D eigenvalue weighted by Gasteiger charge is -2.30. The number of aromatic nitrogens is 2. The van der Waals surface area contributed by atoms with Crippen molar-refractivity contribution in [2.45, 2.75) is 25.8 Å². The number of nitrogens with zero attached hydrogens (tertiary/aromatic N) is 3. The molecule has 6 nitrogen and oxygen atoms in total. The molecule has 1 aromatic heterocycles. The number of hydrogen-bond acceptors (Lipinski definition) is 6. The van der Waals surface area contributed by atoms with E-state index in [1.165, 1.54) is 19.3 Å². The number of hydrogen-bond donors (Lipinski definition) is 1. The molecule has 0 aliphatic carbocycles. The van der Waals surface area contributed by atoms with Crippen LogP contribution in [-0.2, 0) is 6.54 Å². The Bertz CT molecular complexity index is 618. The maximum Gasteiger partial charge on any atom is 0.241 e. The first kappa shape index (κ1) is 16.9. The number of benzene rings is 1. The third kappa shape index (κ3) is 4.33. The SMILES string of the molecule is CNCCC1CCN(Cc2nc(-c3ccc(OC)cc3)no2)CC1. The van der Waals surface area contributed by atoms with Crippen LogP contribution in [-0.4, -0.2) is 48.8 Å². The van der Waals surface area contributed by atoms with Crippen molar-refractivity contribution >= 4 is 0 Å². The Morgan fingerprint density at radius 3 is 2.67 bits per heavy atom. The summed E-state index contributed by atoms with van der Waals surface area (Å²) >= 11 is 0. The van der Waals surface area contributed by atoms with Crippen molar-refractivity contribution < 1.29 is 9.26 Å². The minimum Gasteiger partial charge on any atom is -0.497 e. The van der Waals surface area contributed by atoms with E-state index in [1.54, 1.807) is 7.11 Å². The van der Waals surface area contributed by atoms with Gasteiger partial charge >= 0.3 is 0 Å². The highest BCUT2D eigenvalue weighted by molar-refractivity contribution is 5.55. The molecule has 1 aromatic carbocycles. The van der Waals surface area contributed by atoms with Crippen LogP contribution in [0, 0.1) is 5.92 Å². The molecule has 0 bridgehead atoms. The smallest absolute Gasteiger partial charge is 0.241 e. The summed E-state index contributed by atoms with van der Waals surface area (Å²) in [6.07, 6.45) is 3.77. The molecule has 130 valence electrons. The first-order valence-electron chi connectivity index (χ1n) is 8.62. The molecule has 0 radical (unpaired) electrons. The van der Waals surface area contributed by atoms with E-state index in [2.05, 4.69) is 20.4 Å². The Morgan fingerprint density at radius 2 is 2.00 bits per heavy atom. The van der Waals surface area contributed by atoms with E-state index in [1.807, 2.05) is 31.3 Å². The number of methoxy groups -OCH3 is 1. The zero-order valence-corrected chi connectivity index (χ0v) is 14.5. The van der Waals surface area contributed by atoms with Crippen LogP contribution in [0.5, 0.6) is 5.75 Å². The molecular formula is C18H26N4O2. The number of piperidine rings is 1. The number of rotatable bonds is 7. The van der Waals surface area contributed by atoms with Gasteiger partial charge in [0.15, 0.2) is 0 Å². The van der Waals surface area contributed by atoms with Crippen molar-refractivity contribution in [3.63, 3.8) is 0 Å². The van der Waals surface area contributed by atoms with Crippen LogP contribution in [0.1, 0.15) is 25.2 Å². The Labute approximate surface area is 143 Å². The molecule has 2 aromatic rings. The fraction of sp³-hybridized carbons (Fsp3) is 0.556. The molecule has 0 saturated carbocycles. The van der Waals surface area contributed by atoms with E-state index in [0.29, 0.717) is 11.7 Å². The highest BCUT2D eigenvalue weighted by atomic mass is 16.5. The van der Waals surface area contributed by atoms with Gasteiger partial charge < -0.3 is 14.6 Å². The summed E-state index contributed by atoms with van der Waals surface area (Å²) in [6, 6.07) is 7.70. The second-order valence-electron chi connectivity index (χ2n) is 6.35. The molecule has 2 heterocycles. The summed E-state index contributed by atoms with van der Waals surface area (Å²) < 4.78 is 10.6. The summed E-state index contributed by atoms with van der Waals surface area (Å²) in [7, 11) is 3.68. The highest BCUT2D eigenvalue weighted by Gasteiger charge is 2.20. The average molecular weight is 330 g/mol. The van der Waals surface area contributed by atoms with Gasteiger partial charge in [-0.2, -0.15) is 4.98 Å². The zero-order chi connectivity index (χ0) is 16.8. The first-order chi connectivity index (χ1) is 11.8. The predicted molar refractivity (Wildman–Crippen MR) is 92.8 cm³/mol. The van der Waals surface area contributed by atoms with E-state index in [-0.39, 0.29) is 0 Å². The van der Waals surface area contributed by atoms with E-state index >= 15 is 0 Å². The summed E-state index contributed by atoms with van der Waals surface area (Å²) in [5.41, 5.74) is 0.941. The van der Waals surface area contributed by atoms with Gasteiger partial charge in [-0.05, 0) is 76.1 Å². The number of nitrogens with one attached hydrogen (secondary N) is 1. The molecular weight excluding hydrogens is 304 g/mol. The molecule has 1 saturated heterocycles. The molecule has 24 heavy (non-hydrogen) atoms. The molecule has 0 amide bonds. The molecule has 1 aliphatic heterocycles. The maximum absolute atomic E-state index is 5.43. The topological polar surface area (TPSA) is 63.4 Å². The second kappa shape index (κ2) is 8.26. The number of ether oxygens (including phenoxy) is 1. The molecule has 1 aliphatic rings. The van der Waals surface area contributed by atoms with Crippen molar-refractivity contribution in [2.75, 3.05) is 33.8 Å². The molecule has 1 N–H and O–H groups in total. The van der Waals surface area contributed by atoms with Gasteiger partial charge in [-0.1, -0.05) is 5.16 Å². The van der Waals surface area contributed by atoms with Gasteiger partial charge in [-0.3, -0.25) is 4.90 Å². The Hall–Kier alpha value is -1.92. The summed E-state index contributed by atoms with van der Waals surface area (Å²) in [4.78, 5) is 6.93. The third-order valence-electron chi connectivity index (χ3n) is 4.68. The van der Waals surface area contributed by atoms with Crippen LogP contribution in [0.2, 0.25) is 0 Å². The maximum atomic E-state index is 5.43. The molecule has 1 fully saturated rings. The van der Waals surface area contributed by atoms with Gasteiger partial charge in [0.1, 0.15) is 5.75 Å². The largest absolute Gasteiger partial charge is 0.497 e. The minimum atomic E-state index is 0.636. The van der Waals surface area contributed by atoms with Crippen LogP contribution in [0.3, 0.4) is 0 Å². The summed E-state index contributed by atoms with van der Waals surface area (Å²) in [6.45, 7) is 4.06. The van der Waals surface area contributed by atoms with Crippen LogP contribution in [0.25, 0.3) is 11.4 Å². The Balaban J connectivity index is 1.53. The fourth-order valence-corrected chi connectivity index (χ4v) is 3.15. The van der Waals surface area contributed by atoms with Crippen molar-refractivity contribution in [1.29, 1.82) is 0 Å². The lowest BCUT2D eigenvalue weighted by molar-refractivity contribution is 0.155. The van der Waals surface area contributed by atoms with Crippen molar-refractivity contribution in [2.24, 2.45) is 5.92 Å². The molecule has 0 atom stereocenters. The molecule has 3 rings (SSSR count). The molecule has 0 spiro atoms. The van der Waals surface area contributed by atoms with Gasteiger partial charge in [0, 0.05) is 5.56 Å². The second-order valence-corrected chi connectivity index (χ2v) is 6.35. The highest BCUT2D eigenvalue weighted by Crippen LogP contribution is 2.23. The molecule has 6 heteroatoms. The van der Waals surface area contributed by atoms with E-state index in [9.17, 15) is 0 Å². The van der Waals surface area contributed by atoms with Crippen LogP contribution in [0.4, 0.5) is 0 Å². The van der Waals surface area contributed by atoms with E-state index in [4.69, 9.17) is 9.26 Å². The van der Waals surface area contributed by atoms with Crippen molar-refractivity contribution in [3.05, 3.63) is 30.2 Å². The zero-order valence-electron chi connectivity index (χ0n) is 14.5. The fourth-order valence-electron chi connectivity index (χ4n) is 3.15.